The number of H-pyrrole nitrogens is 1. The van der Waals surface area contributed by atoms with Crippen LogP contribution in [-0.4, -0.2) is 42.3 Å². The number of nitrogens with one attached hydrogen (secondary N) is 1. The molecule has 1 heterocycles. The first-order chi connectivity index (χ1) is 5.29. The maximum Gasteiger partial charge on any atom is 0.156 e. The number of rotatable bonds is 4. The molecule has 1 rings (SSSR count). The summed E-state index contributed by atoms with van der Waals surface area (Å²) in [5.74, 6) is 0.798. The summed E-state index contributed by atoms with van der Waals surface area (Å²) < 4.78 is 5.32. The van der Waals surface area contributed by atoms with Gasteiger partial charge in [0.15, 0.2) is 5.75 Å². The van der Waals surface area contributed by atoms with Crippen LogP contribution in [0.25, 0.3) is 0 Å². The molecule has 0 amide bonds. The van der Waals surface area contributed by atoms with Gasteiger partial charge >= 0.3 is 0 Å². The van der Waals surface area contributed by atoms with Crippen LogP contribution in [-0.2, 0) is 0 Å². The van der Waals surface area contributed by atoms with Crippen molar-refractivity contribution in [3.05, 3.63) is 12.4 Å². The fourth-order valence-corrected chi connectivity index (χ4v) is 0.664. The molecule has 0 fully saturated rings. The molecule has 0 saturated heterocycles. The predicted molar refractivity (Wildman–Crippen MR) is 42.6 cm³/mol. The molecule has 0 aromatic carbocycles. The minimum atomic E-state index is 0.701. The van der Waals surface area contributed by atoms with Crippen molar-refractivity contribution >= 4 is 0 Å². The second-order valence-corrected chi connectivity index (χ2v) is 2.59. The third-order valence-electron chi connectivity index (χ3n) is 1.28. The summed E-state index contributed by atoms with van der Waals surface area (Å²) >= 11 is 0. The van der Waals surface area contributed by atoms with Gasteiger partial charge in [0.25, 0.3) is 0 Å². The minimum absolute atomic E-state index is 0.701. The van der Waals surface area contributed by atoms with Gasteiger partial charge in [-0.3, -0.25) is 5.10 Å². The van der Waals surface area contributed by atoms with Gasteiger partial charge in [-0.05, 0) is 14.1 Å². The number of ether oxygens (including phenoxy) is 1. The third-order valence-corrected chi connectivity index (χ3v) is 1.28. The average Bonchev–Trinajstić information content (AvgIpc) is 2.39. The molecule has 0 aliphatic carbocycles. The van der Waals surface area contributed by atoms with Crippen molar-refractivity contribution in [1.82, 2.24) is 15.1 Å². The zero-order valence-corrected chi connectivity index (χ0v) is 6.87. The van der Waals surface area contributed by atoms with E-state index < -0.39 is 0 Å². The van der Waals surface area contributed by atoms with Gasteiger partial charge in [0.1, 0.15) is 6.61 Å². The van der Waals surface area contributed by atoms with Crippen molar-refractivity contribution in [2.24, 2.45) is 0 Å². The van der Waals surface area contributed by atoms with E-state index >= 15 is 0 Å². The molecule has 62 valence electrons. The average molecular weight is 155 g/mol. The Balaban J connectivity index is 2.14. The molecule has 11 heavy (non-hydrogen) atoms. The highest BCUT2D eigenvalue weighted by atomic mass is 16.5. The molecule has 1 N–H and O–H groups in total. The smallest absolute Gasteiger partial charge is 0.156 e. The summed E-state index contributed by atoms with van der Waals surface area (Å²) in [7, 11) is 4.03. The third kappa shape index (κ3) is 3.04. The van der Waals surface area contributed by atoms with Gasteiger partial charge in [0, 0.05) is 6.54 Å². The Morgan fingerprint density at radius 2 is 2.45 bits per heavy atom. The van der Waals surface area contributed by atoms with E-state index in [0.29, 0.717) is 6.61 Å². The van der Waals surface area contributed by atoms with E-state index in [1.807, 2.05) is 14.1 Å². The highest BCUT2D eigenvalue weighted by molar-refractivity contribution is 5.09. The zero-order valence-electron chi connectivity index (χ0n) is 6.87. The Morgan fingerprint density at radius 1 is 1.64 bits per heavy atom. The molecule has 4 nitrogen and oxygen atoms in total. The molecule has 1 aromatic heterocycles. The van der Waals surface area contributed by atoms with Crippen LogP contribution >= 0.6 is 0 Å². The van der Waals surface area contributed by atoms with E-state index in [1.54, 1.807) is 12.4 Å². The molecule has 0 radical (unpaired) electrons. The Hall–Kier alpha value is -1.03. The van der Waals surface area contributed by atoms with Crippen LogP contribution in [0.2, 0.25) is 0 Å². The number of hydrogen-bond donors (Lipinski definition) is 1. The van der Waals surface area contributed by atoms with Gasteiger partial charge in [-0.25, -0.2) is 0 Å². The molecule has 0 aliphatic rings. The highest BCUT2D eigenvalue weighted by Crippen LogP contribution is 2.03. The van der Waals surface area contributed by atoms with Crippen LogP contribution < -0.4 is 4.74 Å². The van der Waals surface area contributed by atoms with Crippen molar-refractivity contribution in [3.8, 4) is 5.75 Å². The number of hydrogen-bond acceptors (Lipinski definition) is 3. The monoisotopic (exact) mass is 155 g/mol. The number of nitrogens with zero attached hydrogens (tertiary/aromatic N) is 2. The Labute approximate surface area is 66.2 Å². The molecule has 4 heteroatoms. The Bertz CT molecular complexity index is 184. The molecule has 0 spiro atoms. The summed E-state index contributed by atoms with van der Waals surface area (Å²) in [4.78, 5) is 2.07. The molecule has 0 aliphatic heterocycles. The maximum atomic E-state index is 5.32. The maximum absolute atomic E-state index is 5.32. The van der Waals surface area contributed by atoms with Gasteiger partial charge in [0.05, 0.1) is 12.4 Å². The first-order valence-corrected chi connectivity index (χ1v) is 3.55. The molecule has 0 unspecified atom stereocenters. The number of aromatic nitrogens is 2. The summed E-state index contributed by atoms with van der Waals surface area (Å²) in [6, 6.07) is 0. The summed E-state index contributed by atoms with van der Waals surface area (Å²) in [5, 5.41) is 6.44. The van der Waals surface area contributed by atoms with E-state index in [9.17, 15) is 0 Å². The van der Waals surface area contributed by atoms with Crippen LogP contribution in [0.15, 0.2) is 12.4 Å². The summed E-state index contributed by atoms with van der Waals surface area (Å²) in [6.07, 6.45) is 3.39. The quantitative estimate of drug-likeness (QED) is 0.682. The van der Waals surface area contributed by atoms with Gasteiger partial charge in [0.2, 0.25) is 0 Å². The van der Waals surface area contributed by atoms with E-state index in [2.05, 4.69) is 15.1 Å². The van der Waals surface area contributed by atoms with Crippen LogP contribution in [0.3, 0.4) is 0 Å². The standard InChI is InChI=1S/C7H13N3O/c1-10(2)3-4-11-7-5-8-9-6-7/h5-6H,3-4H2,1-2H3,(H,8,9). The van der Waals surface area contributed by atoms with E-state index in [1.165, 1.54) is 0 Å². The second kappa shape index (κ2) is 3.98. The highest BCUT2D eigenvalue weighted by Gasteiger charge is 1.93. The number of likely N-dealkylation sites (N-methyl/N-ethyl adjacent to an activating group) is 1. The second-order valence-electron chi connectivity index (χ2n) is 2.59. The molecular weight excluding hydrogens is 142 g/mol. The molecule has 1 aromatic rings. The predicted octanol–water partition coefficient (Wildman–Crippen LogP) is 0.350. The Morgan fingerprint density at radius 3 is 3.00 bits per heavy atom. The van der Waals surface area contributed by atoms with Crippen LogP contribution in [0, 0.1) is 0 Å². The van der Waals surface area contributed by atoms with Gasteiger partial charge < -0.3 is 9.64 Å². The lowest BCUT2D eigenvalue weighted by Crippen LogP contribution is -2.19. The van der Waals surface area contributed by atoms with Crippen molar-refractivity contribution < 1.29 is 4.74 Å². The lowest BCUT2D eigenvalue weighted by atomic mass is 10.6. The van der Waals surface area contributed by atoms with Gasteiger partial charge in [-0.1, -0.05) is 0 Å². The first-order valence-electron chi connectivity index (χ1n) is 3.55. The van der Waals surface area contributed by atoms with Crippen LogP contribution in [0.4, 0.5) is 0 Å². The van der Waals surface area contributed by atoms with Gasteiger partial charge in [-0.15, -0.1) is 0 Å². The van der Waals surface area contributed by atoms with Crippen molar-refractivity contribution in [2.75, 3.05) is 27.2 Å². The zero-order chi connectivity index (χ0) is 8.10. The first kappa shape index (κ1) is 8.07. The largest absolute Gasteiger partial charge is 0.489 e. The van der Waals surface area contributed by atoms with Crippen molar-refractivity contribution in [2.45, 2.75) is 0 Å². The minimum Gasteiger partial charge on any atom is -0.489 e. The molecule has 0 bridgehead atoms. The number of aromatic amines is 1. The molecule has 0 saturated carbocycles. The van der Waals surface area contributed by atoms with Crippen molar-refractivity contribution in [1.29, 1.82) is 0 Å². The topological polar surface area (TPSA) is 41.1 Å². The molecular formula is C7H13N3O. The van der Waals surface area contributed by atoms with Crippen molar-refractivity contribution in [3.63, 3.8) is 0 Å². The summed E-state index contributed by atoms with van der Waals surface area (Å²) in [6.45, 7) is 1.62. The molecule has 0 atom stereocenters. The fourth-order valence-electron chi connectivity index (χ4n) is 0.664. The normalized spacial score (nSPS) is 10.5. The van der Waals surface area contributed by atoms with E-state index in [0.717, 1.165) is 12.3 Å². The van der Waals surface area contributed by atoms with Gasteiger partial charge in [-0.2, -0.15) is 5.10 Å². The Kier molecular flexibility index (Phi) is 2.92. The SMILES string of the molecule is CN(C)CCOc1cn[nH]c1. The van der Waals surface area contributed by atoms with Crippen LogP contribution in [0.5, 0.6) is 5.75 Å². The van der Waals surface area contributed by atoms with E-state index in [4.69, 9.17) is 4.74 Å². The summed E-state index contributed by atoms with van der Waals surface area (Å²) in [5.41, 5.74) is 0. The van der Waals surface area contributed by atoms with Crippen LogP contribution in [0.1, 0.15) is 0 Å². The lowest BCUT2D eigenvalue weighted by Gasteiger charge is -2.08. The lowest BCUT2D eigenvalue weighted by molar-refractivity contribution is 0.261. The fraction of sp³-hybridized carbons (Fsp3) is 0.571. The van der Waals surface area contributed by atoms with E-state index in [-0.39, 0.29) is 0 Å².